The van der Waals surface area contributed by atoms with Crippen LogP contribution in [0.25, 0.3) is 10.8 Å². The lowest BCUT2D eigenvalue weighted by atomic mass is 10.1. The van der Waals surface area contributed by atoms with Gasteiger partial charge in [0.25, 0.3) is 5.91 Å². The zero-order valence-corrected chi connectivity index (χ0v) is 17.2. The molecule has 1 fully saturated rings. The summed E-state index contributed by atoms with van der Waals surface area (Å²) in [5, 5.41) is 5.79. The molecule has 1 saturated heterocycles. The first-order valence-corrected chi connectivity index (χ1v) is 10.6. The number of carbonyl (C=O) groups is 1. The zero-order chi connectivity index (χ0) is 21.0. The van der Waals surface area contributed by atoms with Crippen molar-refractivity contribution >= 4 is 22.4 Å². The van der Waals surface area contributed by atoms with E-state index in [0.717, 1.165) is 23.2 Å². The number of ether oxygens (including phenoxy) is 1. The number of likely N-dealkylation sites (tertiary alicyclic amines) is 1. The standard InChI is InChI=1S/C26H24N2O3/c29-26(28-15-14-22(17-28)27-21-8-2-1-3-9-21)25-13-12-24(31-25)18-30-23-11-10-19-6-4-5-7-20(19)16-23/h1-13,16,22,27H,14-15,17-18H2. The second-order valence-electron chi connectivity index (χ2n) is 7.81. The van der Waals surface area contributed by atoms with Crippen LogP contribution in [0.4, 0.5) is 5.69 Å². The van der Waals surface area contributed by atoms with Crippen molar-refractivity contribution in [3.63, 3.8) is 0 Å². The number of carbonyl (C=O) groups excluding carboxylic acids is 1. The molecule has 1 amide bonds. The molecular weight excluding hydrogens is 388 g/mol. The predicted molar refractivity (Wildman–Crippen MR) is 121 cm³/mol. The molecule has 5 heteroatoms. The van der Waals surface area contributed by atoms with Crippen LogP contribution in [0, 0.1) is 0 Å². The van der Waals surface area contributed by atoms with Gasteiger partial charge in [-0.25, -0.2) is 0 Å². The molecule has 0 radical (unpaired) electrons. The molecule has 4 aromatic rings. The van der Waals surface area contributed by atoms with Crippen LogP contribution in [0.3, 0.4) is 0 Å². The smallest absolute Gasteiger partial charge is 0.289 e. The molecule has 1 aromatic heterocycles. The molecule has 1 N–H and O–H groups in total. The van der Waals surface area contributed by atoms with Crippen LogP contribution in [-0.4, -0.2) is 29.9 Å². The van der Waals surface area contributed by atoms with E-state index in [1.807, 2.05) is 71.6 Å². The van der Waals surface area contributed by atoms with Crippen molar-refractivity contribution < 1.29 is 13.9 Å². The van der Waals surface area contributed by atoms with Gasteiger partial charge >= 0.3 is 0 Å². The van der Waals surface area contributed by atoms with Gasteiger partial charge in [-0.3, -0.25) is 4.79 Å². The van der Waals surface area contributed by atoms with Gasteiger partial charge in [-0.1, -0.05) is 48.5 Å². The average Bonchev–Trinajstić information content (AvgIpc) is 3.48. The first-order valence-electron chi connectivity index (χ1n) is 10.6. The highest BCUT2D eigenvalue weighted by molar-refractivity contribution is 5.91. The van der Waals surface area contributed by atoms with E-state index < -0.39 is 0 Å². The van der Waals surface area contributed by atoms with Crippen LogP contribution >= 0.6 is 0 Å². The molecular formula is C26H24N2O3. The van der Waals surface area contributed by atoms with Gasteiger partial charge in [0, 0.05) is 24.8 Å². The Morgan fingerprint density at radius 1 is 0.968 bits per heavy atom. The summed E-state index contributed by atoms with van der Waals surface area (Å²) in [7, 11) is 0. The highest BCUT2D eigenvalue weighted by Crippen LogP contribution is 2.23. The van der Waals surface area contributed by atoms with Crippen molar-refractivity contribution in [2.24, 2.45) is 0 Å². The van der Waals surface area contributed by atoms with Crippen molar-refractivity contribution in [3.8, 4) is 5.75 Å². The third kappa shape index (κ3) is 4.40. The highest BCUT2D eigenvalue weighted by Gasteiger charge is 2.28. The molecule has 0 saturated carbocycles. The van der Waals surface area contributed by atoms with Crippen LogP contribution in [0.15, 0.2) is 89.3 Å². The quantitative estimate of drug-likeness (QED) is 0.465. The fraction of sp³-hybridized carbons (Fsp3) is 0.192. The summed E-state index contributed by atoms with van der Waals surface area (Å²) in [4.78, 5) is 14.7. The van der Waals surface area contributed by atoms with Crippen molar-refractivity contribution in [1.29, 1.82) is 0 Å². The summed E-state index contributed by atoms with van der Waals surface area (Å²) in [6, 6.07) is 28.0. The maximum absolute atomic E-state index is 12.8. The van der Waals surface area contributed by atoms with Crippen molar-refractivity contribution in [3.05, 3.63) is 96.4 Å². The SMILES string of the molecule is O=C(c1ccc(COc2ccc3ccccc3c2)o1)N1CCC(Nc2ccccc2)C1. The van der Waals surface area contributed by atoms with E-state index in [2.05, 4.69) is 17.4 Å². The van der Waals surface area contributed by atoms with Crippen molar-refractivity contribution in [1.82, 2.24) is 4.90 Å². The molecule has 0 aliphatic carbocycles. The van der Waals surface area contributed by atoms with Gasteiger partial charge < -0.3 is 19.4 Å². The Labute approximate surface area is 181 Å². The van der Waals surface area contributed by atoms with Gasteiger partial charge in [0.2, 0.25) is 0 Å². The van der Waals surface area contributed by atoms with E-state index in [-0.39, 0.29) is 18.6 Å². The molecule has 1 aliphatic rings. The maximum Gasteiger partial charge on any atom is 0.289 e. The number of benzene rings is 3. The van der Waals surface area contributed by atoms with Crippen molar-refractivity contribution in [2.45, 2.75) is 19.1 Å². The van der Waals surface area contributed by atoms with Crippen molar-refractivity contribution in [2.75, 3.05) is 18.4 Å². The summed E-state index contributed by atoms with van der Waals surface area (Å²) in [6.45, 7) is 1.66. The first-order chi connectivity index (χ1) is 15.2. The van der Waals surface area contributed by atoms with Crippen LogP contribution in [0.5, 0.6) is 5.75 Å². The van der Waals surface area contributed by atoms with E-state index in [9.17, 15) is 4.79 Å². The van der Waals surface area contributed by atoms with Crippen LogP contribution in [-0.2, 0) is 6.61 Å². The second-order valence-corrected chi connectivity index (χ2v) is 7.81. The van der Waals surface area contributed by atoms with E-state index in [1.165, 1.54) is 5.39 Å². The van der Waals surface area contributed by atoms with Crippen LogP contribution in [0.1, 0.15) is 22.7 Å². The molecule has 0 spiro atoms. The Morgan fingerprint density at radius 3 is 2.65 bits per heavy atom. The van der Waals surface area contributed by atoms with Crippen LogP contribution in [0.2, 0.25) is 0 Å². The minimum Gasteiger partial charge on any atom is -0.486 e. The average molecular weight is 412 g/mol. The lowest BCUT2D eigenvalue weighted by Gasteiger charge is -2.16. The fourth-order valence-corrected chi connectivity index (χ4v) is 3.97. The van der Waals surface area contributed by atoms with Gasteiger partial charge in [-0.05, 0) is 53.6 Å². The zero-order valence-electron chi connectivity index (χ0n) is 17.2. The van der Waals surface area contributed by atoms with E-state index >= 15 is 0 Å². The first kappa shape index (κ1) is 19.2. The van der Waals surface area contributed by atoms with E-state index in [4.69, 9.17) is 9.15 Å². The number of rotatable bonds is 6. The molecule has 31 heavy (non-hydrogen) atoms. The van der Waals surface area contributed by atoms with E-state index in [0.29, 0.717) is 24.6 Å². The topological polar surface area (TPSA) is 54.7 Å². The molecule has 1 atom stereocenters. The molecule has 5 nitrogen and oxygen atoms in total. The molecule has 1 unspecified atom stereocenters. The summed E-state index contributed by atoms with van der Waals surface area (Å²) in [6.07, 6.45) is 0.916. The predicted octanol–water partition coefficient (Wildman–Crippen LogP) is 5.34. The number of furan rings is 1. The molecule has 1 aliphatic heterocycles. The monoisotopic (exact) mass is 412 g/mol. The number of para-hydroxylation sites is 1. The minimum atomic E-state index is -0.0747. The lowest BCUT2D eigenvalue weighted by Crippen LogP contribution is -2.31. The summed E-state index contributed by atoms with van der Waals surface area (Å²) < 4.78 is 11.7. The number of amides is 1. The number of anilines is 1. The molecule has 3 aromatic carbocycles. The highest BCUT2D eigenvalue weighted by atomic mass is 16.5. The Hall–Kier alpha value is -3.73. The number of hydrogen-bond donors (Lipinski definition) is 1. The fourth-order valence-electron chi connectivity index (χ4n) is 3.97. The van der Waals surface area contributed by atoms with Gasteiger partial charge in [0.05, 0.1) is 0 Å². The van der Waals surface area contributed by atoms with E-state index in [1.54, 1.807) is 6.07 Å². The van der Waals surface area contributed by atoms with Gasteiger partial charge in [-0.2, -0.15) is 0 Å². The normalized spacial score (nSPS) is 15.9. The van der Waals surface area contributed by atoms with Gasteiger partial charge in [0.1, 0.15) is 18.1 Å². The number of nitrogens with one attached hydrogen (secondary N) is 1. The maximum atomic E-state index is 12.8. The summed E-state index contributed by atoms with van der Waals surface area (Å²) >= 11 is 0. The number of hydrogen-bond acceptors (Lipinski definition) is 4. The largest absolute Gasteiger partial charge is 0.486 e. The Bertz CT molecular complexity index is 1190. The van der Waals surface area contributed by atoms with Gasteiger partial charge in [0.15, 0.2) is 5.76 Å². The summed E-state index contributed by atoms with van der Waals surface area (Å²) in [5.41, 5.74) is 1.08. The number of nitrogens with zero attached hydrogens (tertiary/aromatic N) is 1. The molecule has 5 rings (SSSR count). The molecule has 0 bridgehead atoms. The minimum absolute atomic E-state index is 0.0747. The number of fused-ring (bicyclic) bond motifs is 1. The van der Waals surface area contributed by atoms with Crippen LogP contribution < -0.4 is 10.1 Å². The Balaban J connectivity index is 1.17. The Kier molecular flexibility index (Phi) is 5.31. The second kappa shape index (κ2) is 8.56. The van der Waals surface area contributed by atoms with Gasteiger partial charge in [-0.15, -0.1) is 0 Å². The third-order valence-electron chi connectivity index (χ3n) is 5.59. The molecule has 156 valence electrons. The Morgan fingerprint density at radius 2 is 1.77 bits per heavy atom. The molecule has 2 heterocycles. The third-order valence-corrected chi connectivity index (χ3v) is 5.59. The summed E-state index contributed by atoms with van der Waals surface area (Å²) in [5.74, 6) is 1.69. The lowest BCUT2D eigenvalue weighted by molar-refractivity contribution is 0.0756.